The van der Waals surface area contributed by atoms with Gasteiger partial charge in [-0.3, -0.25) is 0 Å². The van der Waals surface area contributed by atoms with Crippen molar-refractivity contribution in [2.24, 2.45) is 11.8 Å². The molecule has 1 saturated heterocycles. The lowest BCUT2D eigenvalue weighted by Gasteiger charge is -2.44. The second-order valence-corrected chi connectivity index (χ2v) is 6.84. The third-order valence-electron chi connectivity index (χ3n) is 5.76. The van der Waals surface area contributed by atoms with Crippen LogP contribution in [0.4, 0.5) is 0 Å². The molecule has 2 nitrogen and oxygen atoms in total. The maximum Gasteiger partial charge on any atom is 0.0568 e. The Kier molecular flexibility index (Phi) is 4.25. The van der Waals surface area contributed by atoms with E-state index < -0.39 is 0 Å². The van der Waals surface area contributed by atoms with Crippen molar-refractivity contribution in [2.45, 2.75) is 76.4 Å². The van der Waals surface area contributed by atoms with Crippen LogP contribution in [0.3, 0.4) is 0 Å². The van der Waals surface area contributed by atoms with Gasteiger partial charge in [-0.05, 0) is 69.9 Å². The summed E-state index contributed by atoms with van der Waals surface area (Å²) in [6, 6.07) is 0.894. The highest BCUT2D eigenvalue weighted by molar-refractivity contribution is 4.88. The van der Waals surface area contributed by atoms with Gasteiger partial charge in [0.1, 0.15) is 0 Å². The molecule has 2 unspecified atom stereocenters. The highest BCUT2D eigenvalue weighted by Gasteiger charge is 2.34. The van der Waals surface area contributed by atoms with Gasteiger partial charge in [0.05, 0.1) is 6.10 Å². The predicted molar refractivity (Wildman–Crippen MR) is 74.5 cm³/mol. The second-order valence-electron chi connectivity index (χ2n) is 6.84. The summed E-state index contributed by atoms with van der Waals surface area (Å²) in [5.41, 5.74) is 0. The van der Waals surface area contributed by atoms with Crippen LogP contribution in [0.1, 0.15) is 64.2 Å². The minimum absolute atomic E-state index is 0.0111. The molecule has 0 aromatic rings. The number of hydrogen-bond donors (Lipinski definition) is 1. The molecule has 0 bridgehead atoms. The van der Waals surface area contributed by atoms with E-state index in [0.29, 0.717) is 5.92 Å². The number of hydrogen-bond acceptors (Lipinski definition) is 2. The van der Waals surface area contributed by atoms with Gasteiger partial charge in [0, 0.05) is 6.04 Å². The Morgan fingerprint density at radius 1 is 0.889 bits per heavy atom. The van der Waals surface area contributed by atoms with Crippen LogP contribution in [0.2, 0.25) is 0 Å². The Morgan fingerprint density at radius 3 is 2.56 bits per heavy atom. The molecule has 18 heavy (non-hydrogen) atoms. The summed E-state index contributed by atoms with van der Waals surface area (Å²) in [5, 5.41) is 9.93. The maximum absolute atomic E-state index is 9.93. The molecule has 1 aliphatic heterocycles. The number of likely N-dealkylation sites (tertiary alicyclic amines) is 1. The molecule has 3 rings (SSSR count). The van der Waals surface area contributed by atoms with Crippen LogP contribution < -0.4 is 0 Å². The normalized spacial score (nSPS) is 41.8. The fourth-order valence-electron chi connectivity index (χ4n) is 4.69. The van der Waals surface area contributed by atoms with Crippen molar-refractivity contribution >= 4 is 0 Å². The van der Waals surface area contributed by atoms with Gasteiger partial charge in [-0.1, -0.05) is 19.3 Å². The van der Waals surface area contributed by atoms with E-state index in [-0.39, 0.29) is 6.10 Å². The Labute approximate surface area is 112 Å². The van der Waals surface area contributed by atoms with Crippen LogP contribution in [-0.2, 0) is 0 Å². The van der Waals surface area contributed by atoms with E-state index in [4.69, 9.17) is 0 Å². The Hall–Kier alpha value is -0.0800. The summed E-state index contributed by atoms with van der Waals surface area (Å²) in [7, 11) is 0. The topological polar surface area (TPSA) is 23.5 Å². The van der Waals surface area contributed by atoms with Gasteiger partial charge in [0.15, 0.2) is 0 Å². The monoisotopic (exact) mass is 251 g/mol. The smallest absolute Gasteiger partial charge is 0.0568 e. The molecule has 3 aliphatic rings. The quantitative estimate of drug-likeness (QED) is 0.832. The van der Waals surface area contributed by atoms with E-state index in [9.17, 15) is 5.11 Å². The van der Waals surface area contributed by atoms with Crippen LogP contribution in [0.15, 0.2) is 0 Å². The molecule has 0 spiro atoms. The first-order valence-corrected chi connectivity index (χ1v) is 8.27. The van der Waals surface area contributed by atoms with Crippen molar-refractivity contribution in [3.63, 3.8) is 0 Å². The Morgan fingerprint density at radius 2 is 1.72 bits per heavy atom. The zero-order valence-electron chi connectivity index (χ0n) is 11.7. The average molecular weight is 251 g/mol. The molecular formula is C16H29NO. The lowest BCUT2D eigenvalue weighted by molar-refractivity contribution is 0.0474. The second kappa shape index (κ2) is 5.92. The third-order valence-corrected chi connectivity index (χ3v) is 5.76. The molecule has 4 atom stereocenters. The van der Waals surface area contributed by atoms with E-state index in [1.807, 2.05) is 0 Å². The van der Waals surface area contributed by atoms with Crippen molar-refractivity contribution in [3.8, 4) is 0 Å². The molecule has 2 saturated carbocycles. The summed E-state index contributed by atoms with van der Waals surface area (Å²) in [5.74, 6) is 1.61. The average Bonchev–Trinajstić information content (AvgIpc) is 2.82. The summed E-state index contributed by atoms with van der Waals surface area (Å²) in [6.07, 6.45) is 13.5. The molecule has 0 amide bonds. The number of fused-ring (bicyclic) bond motifs is 1. The number of piperidine rings is 1. The molecule has 3 fully saturated rings. The molecule has 2 heteroatoms. The summed E-state index contributed by atoms with van der Waals surface area (Å²) in [4.78, 5) is 2.78. The van der Waals surface area contributed by atoms with Gasteiger partial charge in [-0.15, -0.1) is 0 Å². The predicted octanol–water partition coefficient (Wildman–Crippen LogP) is 3.19. The van der Waals surface area contributed by atoms with E-state index in [0.717, 1.165) is 18.4 Å². The minimum atomic E-state index is 0.0111. The van der Waals surface area contributed by atoms with E-state index in [1.54, 1.807) is 0 Å². The minimum Gasteiger partial charge on any atom is -0.393 e. The summed E-state index contributed by atoms with van der Waals surface area (Å²) in [6.45, 7) is 2.58. The van der Waals surface area contributed by atoms with Gasteiger partial charge >= 0.3 is 0 Å². The number of aliphatic hydroxyl groups is 1. The standard InChI is InChI=1S/C16H29NO/c18-16-9-3-6-14(16)10-12-17-11-4-7-13-5-1-2-8-15(13)17/h13-16,18H,1-12H2/t13-,14?,15-,16?/m1/s1. The van der Waals surface area contributed by atoms with Gasteiger partial charge in [-0.25, -0.2) is 0 Å². The maximum atomic E-state index is 9.93. The zero-order chi connectivity index (χ0) is 12.4. The van der Waals surface area contributed by atoms with Crippen LogP contribution in [0.5, 0.6) is 0 Å². The Bertz CT molecular complexity index is 266. The van der Waals surface area contributed by atoms with Gasteiger partial charge in [0.25, 0.3) is 0 Å². The van der Waals surface area contributed by atoms with Crippen LogP contribution in [-0.4, -0.2) is 35.2 Å². The van der Waals surface area contributed by atoms with Gasteiger partial charge < -0.3 is 10.0 Å². The number of rotatable bonds is 3. The van der Waals surface area contributed by atoms with Crippen molar-refractivity contribution in [2.75, 3.05) is 13.1 Å². The first kappa shape index (κ1) is 12.9. The van der Waals surface area contributed by atoms with Gasteiger partial charge in [-0.2, -0.15) is 0 Å². The molecule has 104 valence electrons. The summed E-state index contributed by atoms with van der Waals surface area (Å²) >= 11 is 0. The molecule has 0 radical (unpaired) electrons. The number of nitrogens with zero attached hydrogens (tertiary/aromatic N) is 1. The highest BCUT2D eigenvalue weighted by Crippen LogP contribution is 2.36. The Balaban J connectivity index is 1.51. The lowest BCUT2D eigenvalue weighted by atomic mass is 9.78. The molecule has 1 N–H and O–H groups in total. The van der Waals surface area contributed by atoms with E-state index >= 15 is 0 Å². The van der Waals surface area contributed by atoms with Crippen LogP contribution in [0.25, 0.3) is 0 Å². The van der Waals surface area contributed by atoms with Crippen LogP contribution >= 0.6 is 0 Å². The van der Waals surface area contributed by atoms with Gasteiger partial charge in [0.2, 0.25) is 0 Å². The number of aliphatic hydroxyl groups excluding tert-OH is 1. The lowest BCUT2D eigenvalue weighted by Crippen LogP contribution is -2.47. The van der Waals surface area contributed by atoms with Crippen molar-refractivity contribution in [3.05, 3.63) is 0 Å². The van der Waals surface area contributed by atoms with Crippen LogP contribution in [0, 0.1) is 11.8 Å². The fourth-order valence-corrected chi connectivity index (χ4v) is 4.69. The van der Waals surface area contributed by atoms with Crippen molar-refractivity contribution in [1.82, 2.24) is 4.90 Å². The summed E-state index contributed by atoms with van der Waals surface area (Å²) < 4.78 is 0. The first-order chi connectivity index (χ1) is 8.84. The molecule has 0 aromatic carbocycles. The van der Waals surface area contributed by atoms with Crippen molar-refractivity contribution < 1.29 is 5.11 Å². The largest absolute Gasteiger partial charge is 0.393 e. The highest BCUT2D eigenvalue weighted by atomic mass is 16.3. The fraction of sp³-hybridized carbons (Fsp3) is 1.00. The third kappa shape index (κ3) is 2.75. The SMILES string of the molecule is OC1CCCC1CCN1CCC[C@H]2CCCC[C@H]21. The zero-order valence-corrected chi connectivity index (χ0v) is 11.7. The molecule has 2 aliphatic carbocycles. The van der Waals surface area contributed by atoms with E-state index in [2.05, 4.69) is 4.90 Å². The molecule has 0 aromatic heterocycles. The first-order valence-electron chi connectivity index (χ1n) is 8.27. The van der Waals surface area contributed by atoms with E-state index in [1.165, 1.54) is 70.9 Å². The molecule has 1 heterocycles. The van der Waals surface area contributed by atoms with Crippen molar-refractivity contribution in [1.29, 1.82) is 0 Å². The molecular weight excluding hydrogens is 222 g/mol.